The van der Waals surface area contributed by atoms with E-state index < -0.39 is 0 Å². The van der Waals surface area contributed by atoms with Crippen LogP contribution in [0.2, 0.25) is 0 Å². The van der Waals surface area contributed by atoms with Gasteiger partial charge in [-0.05, 0) is 13.8 Å². The Morgan fingerprint density at radius 3 is 1.71 bits per heavy atom. The number of carbonyl (C=O) groups is 2. The Bertz CT molecular complexity index is 194. The van der Waals surface area contributed by atoms with E-state index >= 15 is 0 Å². The minimum Gasteiger partial charge on any atom is -0.541 e. The van der Waals surface area contributed by atoms with Gasteiger partial charge in [-0.1, -0.05) is 6.42 Å². The maximum Gasteiger partial charge on any atom is 3.00 e. The third-order valence-electron chi connectivity index (χ3n) is 0.731. The van der Waals surface area contributed by atoms with Crippen molar-refractivity contribution in [1.82, 2.24) is 5.32 Å². The number of ketones is 2. The van der Waals surface area contributed by atoms with Crippen LogP contribution >= 0.6 is 0 Å². The fourth-order valence-electron chi connectivity index (χ4n) is 0.262. The Morgan fingerprint density at radius 2 is 1.64 bits per heavy atom. The number of carbonyl (C=O) groups excluding carboxylic acids is 4. The first-order chi connectivity index (χ1) is 6.04. The van der Waals surface area contributed by atoms with E-state index in [4.69, 9.17) is 0 Å². The minimum atomic E-state index is -0.134. The molecular formula is C8H11NO4Y+. The van der Waals surface area contributed by atoms with Gasteiger partial charge in [-0.2, -0.15) is 6.41 Å². The quantitative estimate of drug-likeness (QED) is 0.408. The Labute approximate surface area is 108 Å². The zero-order chi connectivity index (χ0) is 10.7. The van der Waals surface area contributed by atoms with Gasteiger partial charge in [0.25, 0.3) is 0 Å². The number of Topliss-reactive ketones (excluding diaryl/α,β-unsaturated/α-hetero) is 2. The molecule has 0 bridgehead atoms. The second-order valence-electron chi connectivity index (χ2n) is 2.18. The minimum absolute atomic E-state index is 0. The summed E-state index contributed by atoms with van der Waals surface area (Å²) in [7, 11) is 0. The van der Waals surface area contributed by atoms with Crippen LogP contribution in [0.25, 0.3) is 0 Å². The van der Waals surface area contributed by atoms with Gasteiger partial charge in [0.15, 0.2) is 0 Å². The summed E-state index contributed by atoms with van der Waals surface area (Å²) >= 11 is 0. The number of nitrogens with one attached hydrogen (secondary N) is 1. The van der Waals surface area contributed by atoms with E-state index in [1.165, 1.54) is 26.5 Å². The predicted octanol–water partition coefficient (Wildman–Crippen LogP) is -0.695. The van der Waals surface area contributed by atoms with Crippen molar-refractivity contribution in [3.8, 4) is 0 Å². The number of amides is 1. The second kappa shape index (κ2) is 15.1. The molecule has 1 N–H and O–H groups in total. The second-order valence-corrected chi connectivity index (χ2v) is 2.18. The molecule has 0 spiro atoms. The molecule has 0 aromatic carbocycles. The van der Waals surface area contributed by atoms with Crippen LogP contribution in [0.1, 0.15) is 20.3 Å². The molecule has 0 aromatic rings. The summed E-state index contributed by atoms with van der Waals surface area (Å²) in [4.78, 5) is 38.3. The normalized spacial score (nSPS) is 7.00. The van der Waals surface area contributed by atoms with Gasteiger partial charge in [0.1, 0.15) is 11.6 Å². The van der Waals surface area contributed by atoms with E-state index in [1.54, 1.807) is 0 Å². The van der Waals surface area contributed by atoms with Crippen molar-refractivity contribution in [3.05, 3.63) is 0 Å². The van der Waals surface area contributed by atoms with Crippen LogP contribution in [0.3, 0.4) is 0 Å². The average molecular weight is 274 g/mol. The van der Waals surface area contributed by atoms with Gasteiger partial charge in [-0.25, -0.2) is 0 Å². The van der Waals surface area contributed by atoms with Gasteiger partial charge in [-0.15, -0.1) is 0 Å². The van der Waals surface area contributed by atoms with E-state index in [2.05, 4.69) is 5.32 Å². The summed E-state index contributed by atoms with van der Waals surface area (Å²) in [6.45, 7) is 2.83. The first kappa shape index (κ1) is 19.2. The molecule has 0 aliphatic carbocycles. The summed E-state index contributed by atoms with van der Waals surface area (Å²) in [6.07, 6.45) is 2.78. The summed E-state index contributed by atoms with van der Waals surface area (Å²) < 4.78 is 0. The van der Waals surface area contributed by atoms with Crippen LogP contribution in [0.4, 0.5) is 0 Å². The first-order valence-electron chi connectivity index (χ1n) is 3.48. The van der Waals surface area contributed by atoms with Gasteiger partial charge in [0.2, 0.25) is 0 Å². The van der Waals surface area contributed by atoms with Crippen molar-refractivity contribution in [2.24, 2.45) is 0 Å². The molecule has 0 unspecified atom stereocenters. The maximum atomic E-state index is 9.96. The van der Waals surface area contributed by atoms with Crippen LogP contribution in [0.5, 0.6) is 0 Å². The Balaban J connectivity index is -0.000000163. The smallest absolute Gasteiger partial charge is 0.541 e. The van der Waals surface area contributed by atoms with E-state index in [-0.39, 0.29) is 57.2 Å². The number of hydrogen-bond donors (Lipinski definition) is 1. The van der Waals surface area contributed by atoms with E-state index in [0.29, 0.717) is 0 Å². The molecule has 1 amide bonds. The molecule has 0 saturated heterocycles. The molecule has 0 aliphatic heterocycles. The molecule has 5 nitrogen and oxygen atoms in total. The van der Waals surface area contributed by atoms with Gasteiger partial charge in [0.05, 0.1) is 0 Å². The van der Waals surface area contributed by atoms with Crippen LogP contribution < -0.4 is 5.32 Å². The number of rotatable bonds is 5. The van der Waals surface area contributed by atoms with Crippen LogP contribution in [0, 0.1) is 0 Å². The third kappa shape index (κ3) is 29.9. The summed E-state index contributed by atoms with van der Waals surface area (Å²) in [5, 5.41) is 2.09. The van der Waals surface area contributed by atoms with Gasteiger partial charge in [-0.3, -0.25) is 11.1 Å². The standard InChI is InChI=1S/C4H6NO2.C4H5O2.Y/c1-4(7)2-5-3-6;1-4(6)2-3-5;/h2H2,1H3,(H,5,6);2H2,1H3;/q2*-1;+3. The van der Waals surface area contributed by atoms with Crippen molar-refractivity contribution in [1.29, 1.82) is 0 Å². The molecule has 0 radical (unpaired) electrons. The molecule has 0 saturated carbocycles. The summed E-state index contributed by atoms with van der Waals surface area (Å²) in [5.41, 5.74) is 0. The summed E-state index contributed by atoms with van der Waals surface area (Å²) in [6, 6.07) is 0. The van der Waals surface area contributed by atoms with Gasteiger partial charge in [0, 0.05) is 6.54 Å². The molecule has 0 rings (SSSR count). The van der Waals surface area contributed by atoms with Crippen LogP contribution in [-0.4, -0.2) is 30.8 Å². The molecule has 74 valence electrons. The maximum absolute atomic E-state index is 9.96. The molecule has 0 aliphatic rings. The van der Waals surface area contributed by atoms with Crippen molar-refractivity contribution in [3.63, 3.8) is 0 Å². The molecule has 14 heavy (non-hydrogen) atoms. The van der Waals surface area contributed by atoms with Crippen molar-refractivity contribution in [2.75, 3.05) is 6.54 Å². The van der Waals surface area contributed by atoms with Gasteiger partial charge >= 0.3 is 32.7 Å². The zero-order valence-electron chi connectivity index (χ0n) is 8.12. The Hall–Kier alpha value is -0.416. The average Bonchev–Trinajstić information content (AvgIpc) is 2.01. The fraction of sp³-hybridized carbons (Fsp3) is 0.500. The third-order valence-corrected chi connectivity index (χ3v) is 0.731. The number of hydrogen-bond acceptors (Lipinski definition) is 4. The molecule has 6 heteroatoms. The molecule has 0 aromatic heterocycles. The monoisotopic (exact) mass is 274 g/mol. The molecular weight excluding hydrogens is 263 g/mol. The van der Waals surface area contributed by atoms with Crippen molar-refractivity contribution >= 4 is 24.3 Å². The van der Waals surface area contributed by atoms with E-state index in [9.17, 15) is 19.2 Å². The SMILES string of the molecule is CC(=O)CN[C-]=O.CC(=O)C[C-]=O.[Y+3]. The topological polar surface area (TPSA) is 80.3 Å². The summed E-state index contributed by atoms with van der Waals surface area (Å²) in [5.74, 6) is -0.201. The van der Waals surface area contributed by atoms with Crippen molar-refractivity contribution < 1.29 is 51.9 Å². The Kier molecular flexibility index (Phi) is 20.7. The molecule has 0 heterocycles. The largest absolute Gasteiger partial charge is 3.00 e. The fourth-order valence-corrected chi connectivity index (χ4v) is 0.262. The first-order valence-corrected chi connectivity index (χ1v) is 3.48. The zero-order valence-corrected chi connectivity index (χ0v) is 11.0. The van der Waals surface area contributed by atoms with Crippen molar-refractivity contribution in [2.45, 2.75) is 20.3 Å². The molecule has 0 fully saturated rings. The van der Waals surface area contributed by atoms with Crippen LogP contribution in [-0.2, 0) is 51.9 Å². The van der Waals surface area contributed by atoms with Gasteiger partial charge < -0.3 is 19.7 Å². The predicted molar refractivity (Wildman–Crippen MR) is 45.4 cm³/mol. The van der Waals surface area contributed by atoms with Crippen LogP contribution in [0.15, 0.2) is 0 Å². The van der Waals surface area contributed by atoms with E-state index in [1.807, 2.05) is 0 Å². The Morgan fingerprint density at radius 1 is 1.14 bits per heavy atom. The van der Waals surface area contributed by atoms with E-state index in [0.717, 1.165) is 0 Å². The molecule has 0 atom stereocenters.